The maximum absolute atomic E-state index is 11.0. The molecule has 0 spiro atoms. The number of hydrogen-bond donors (Lipinski definition) is 1. The van der Waals surface area contributed by atoms with Gasteiger partial charge in [0.1, 0.15) is 5.52 Å². The van der Waals surface area contributed by atoms with Crippen molar-refractivity contribution >= 4 is 23.1 Å². The van der Waals surface area contributed by atoms with Crippen molar-refractivity contribution in [2.45, 2.75) is 6.42 Å². The number of benzene rings is 1. The molecule has 0 radical (unpaired) electrons. The Labute approximate surface area is 121 Å². The molecule has 2 heterocycles. The van der Waals surface area contributed by atoms with Crippen molar-refractivity contribution < 1.29 is 19.1 Å². The van der Waals surface area contributed by atoms with Gasteiger partial charge in [0.05, 0.1) is 12.2 Å². The van der Waals surface area contributed by atoms with Crippen LogP contribution in [0, 0.1) is 0 Å². The number of aromatic nitrogens is 1. The molecule has 0 unspecified atom stereocenters. The third kappa shape index (κ3) is 2.75. The minimum absolute atomic E-state index is 0.200. The van der Waals surface area contributed by atoms with Gasteiger partial charge in [-0.05, 0) is 30.2 Å². The molecule has 110 valence electrons. The third-order valence-electron chi connectivity index (χ3n) is 3.53. The summed E-state index contributed by atoms with van der Waals surface area (Å²) in [6.07, 6.45) is 3.03. The Balaban J connectivity index is 1.83. The summed E-state index contributed by atoms with van der Waals surface area (Å²) in [5.74, 6) is -0.972. The predicted molar refractivity (Wildman–Crippen MR) is 77.8 cm³/mol. The number of fused-ring (bicyclic) bond motifs is 1. The molecular weight excluding hydrogens is 272 g/mol. The lowest BCUT2D eigenvalue weighted by molar-refractivity contribution is 0.0697. The van der Waals surface area contributed by atoms with E-state index in [2.05, 4.69) is 11.1 Å². The Kier molecular flexibility index (Phi) is 3.62. The lowest BCUT2D eigenvalue weighted by Crippen LogP contribution is -2.29. The van der Waals surface area contributed by atoms with Crippen LogP contribution in [0.15, 0.2) is 34.3 Å². The molecule has 1 N–H and O–H groups in total. The Hall–Kier alpha value is -2.34. The molecule has 3 rings (SSSR count). The molecule has 0 saturated carbocycles. The maximum atomic E-state index is 11.0. The minimum atomic E-state index is -0.972. The summed E-state index contributed by atoms with van der Waals surface area (Å²) in [6.45, 7) is 2.19. The molecule has 1 aliphatic rings. The normalized spacial score (nSPS) is 15.3. The SMILES string of the molecule is COCC1=CCN(c2nc3ccc(C(=O)O)cc3o2)CC1. The zero-order valence-electron chi connectivity index (χ0n) is 11.7. The van der Waals surface area contributed by atoms with Gasteiger partial charge >= 0.3 is 5.97 Å². The van der Waals surface area contributed by atoms with Crippen molar-refractivity contribution in [1.29, 1.82) is 0 Å². The van der Waals surface area contributed by atoms with E-state index in [-0.39, 0.29) is 5.56 Å². The van der Waals surface area contributed by atoms with Crippen LogP contribution in [0.1, 0.15) is 16.8 Å². The van der Waals surface area contributed by atoms with Gasteiger partial charge in [0.2, 0.25) is 0 Å². The number of carboxylic acids is 1. The second-order valence-corrected chi connectivity index (χ2v) is 4.98. The van der Waals surface area contributed by atoms with Gasteiger partial charge in [-0.3, -0.25) is 0 Å². The van der Waals surface area contributed by atoms with Gasteiger partial charge in [-0.15, -0.1) is 0 Å². The fourth-order valence-electron chi connectivity index (χ4n) is 2.38. The van der Waals surface area contributed by atoms with E-state index >= 15 is 0 Å². The lowest BCUT2D eigenvalue weighted by Gasteiger charge is -2.24. The Morgan fingerprint density at radius 2 is 2.38 bits per heavy atom. The van der Waals surface area contributed by atoms with E-state index in [1.165, 1.54) is 17.7 Å². The number of rotatable bonds is 4. The summed E-state index contributed by atoms with van der Waals surface area (Å²) < 4.78 is 10.8. The molecule has 1 aromatic heterocycles. The number of hydrogen-bond acceptors (Lipinski definition) is 5. The monoisotopic (exact) mass is 288 g/mol. The summed E-state index contributed by atoms with van der Waals surface area (Å²) in [5, 5.41) is 8.99. The molecule has 0 aliphatic carbocycles. The fourth-order valence-corrected chi connectivity index (χ4v) is 2.38. The average molecular weight is 288 g/mol. The molecule has 0 bridgehead atoms. The second kappa shape index (κ2) is 5.57. The topological polar surface area (TPSA) is 75.8 Å². The van der Waals surface area contributed by atoms with Crippen molar-refractivity contribution in [3.05, 3.63) is 35.4 Å². The molecule has 0 saturated heterocycles. The minimum Gasteiger partial charge on any atom is -0.478 e. The first-order valence-corrected chi connectivity index (χ1v) is 6.73. The van der Waals surface area contributed by atoms with Crippen LogP contribution in [0.3, 0.4) is 0 Å². The molecule has 1 aromatic carbocycles. The largest absolute Gasteiger partial charge is 0.478 e. The molecule has 2 aromatic rings. The third-order valence-corrected chi connectivity index (χ3v) is 3.53. The summed E-state index contributed by atoms with van der Waals surface area (Å²) in [5.41, 5.74) is 2.64. The Bertz CT molecular complexity index is 705. The van der Waals surface area contributed by atoms with E-state index in [1.54, 1.807) is 13.2 Å². The highest BCUT2D eigenvalue weighted by Gasteiger charge is 2.18. The van der Waals surface area contributed by atoms with Crippen LogP contribution < -0.4 is 4.90 Å². The van der Waals surface area contributed by atoms with Gasteiger partial charge in [0.25, 0.3) is 6.01 Å². The standard InChI is InChI=1S/C15H16N2O4/c1-20-9-10-4-6-17(7-5-10)15-16-12-3-2-11(14(18)19)8-13(12)21-15/h2-4,8H,5-7,9H2,1H3,(H,18,19). The number of carboxylic acid groups (broad SMARTS) is 1. The summed E-state index contributed by atoms with van der Waals surface area (Å²) in [7, 11) is 1.69. The van der Waals surface area contributed by atoms with Gasteiger partial charge in [-0.25, -0.2) is 4.79 Å². The van der Waals surface area contributed by atoms with Crippen molar-refractivity contribution in [2.24, 2.45) is 0 Å². The van der Waals surface area contributed by atoms with E-state index in [4.69, 9.17) is 14.3 Å². The number of ether oxygens (including phenoxy) is 1. The Morgan fingerprint density at radius 3 is 3.05 bits per heavy atom. The van der Waals surface area contributed by atoms with Crippen LogP contribution in [0.25, 0.3) is 11.1 Å². The van der Waals surface area contributed by atoms with E-state index in [1.807, 2.05) is 4.90 Å². The first-order chi connectivity index (χ1) is 10.2. The van der Waals surface area contributed by atoms with E-state index < -0.39 is 5.97 Å². The van der Waals surface area contributed by atoms with Crippen molar-refractivity contribution in [3.8, 4) is 0 Å². The van der Waals surface area contributed by atoms with Crippen LogP contribution in [0.5, 0.6) is 0 Å². The van der Waals surface area contributed by atoms with Gasteiger partial charge in [0, 0.05) is 20.2 Å². The summed E-state index contributed by atoms with van der Waals surface area (Å²) in [6, 6.07) is 5.23. The molecule has 0 atom stereocenters. The van der Waals surface area contributed by atoms with Gasteiger partial charge in [-0.2, -0.15) is 4.98 Å². The predicted octanol–water partition coefficient (Wildman–Crippen LogP) is 2.31. The van der Waals surface area contributed by atoms with Crippen LogP contribution in [0.4, 0.5) is 6.01 Å². The summed E-state index contributed by atoms with van der Waals surface area (Å²) in [4.78, 5) is 17.4. The zero-order chi connectivity index (χ0) is 14.8. The first kappa shape index (κ1) is 13.6. The molecular formula is C15H16N2O4. The molecule has 0 fully saturated rings. The van der Waals surface area contributed by atoms with Crippen LogP contribution in [0.2, 0.25) is 0 Å². The number of anilines is 1. The van der Waals surface area contributed by atoms with Gasteiger partial charge in [0.15, 0.2) is 5.58 Å². The average Bonchev–Trinajstić information content (AvgIpc) is 2.91. The summed E-state index contributed by atoms with van der Waals surface area (Å²) >= 11 is 0. The Morgan fingerprint density at radius 1 is 1.52 bits per heavy atom. The quantitative estimate of drug-likeness (QED) is 0.870. The van der Waals surface area contributed by atoms with Gasteiger partial charge in [-0.1, -0.05) is 6.08 Å². The van der Waals surface area contributed by atoms with Crippen molar-refractivity contribution in [3.63, 3.8) is 0 Å². The molecule has 6 nitrogen and oxygen atoms in total. The number of methoxy groups -OCH3 is 1. The second-order valence-electron chi connectivity index (χ2n) is 4.98. The lowest BCUT2D eigenvalue weighted by atomic mass is 10.1. The van der Waals surface area contributed by atoms with Crippen LogP contribution in [-0.2, 0) is 4.74 Å². The molecule has 21 heavy (non-hydrogen) atoms. The number of oxazole rings is 1. The number of nitrogens with zero attached hydrogens (tertiary/aromatic N) is 2. The van der Waals surface area contributed by atoms with E-state index in [0.717, 1.165) is 19.5 Å². The molecule has 1 aliphatic heterocycles. The maximum Gasteiger partial charge on any atom is 0.335 e. The van der Waals surface area contributed by atoms with Gasteiger partial charge < -0.3 is 19.2 Å². The van der Waals surface area contributed by atoms with Crippen molar-refractivity contribution in [1.82, 2.24) is 4.98 Å². The van der Waals surface area contributed by atoms with Crippen LogP contribution >= 0.6 is 0 Å². The number of carbonyl (C=O) groups is 1. The smallest absolute Gasteiger partial charge is 0.335 e. The highest BCUT2D eigenvalue weighted by Crippen LogP contribution is 2.25. The van der Waals surface area contributed by atoms with Crippen molar-refractivity contribution in [2.75, 3.05) is 31.7 Å². The number of aromatic carboxylic acids is 1. The highest BCUT2D eigenvalue weighted by molar-refractivity contribution is 5.92. The molecule has 6 heteroatoms. The zero-order valence-corrected chi connectivity index (χ0v) is 11.7. The highest BCUT2D eigenvalue weighted by atomic mass is 16.5. The van der Waals surface area contributed by atoms with E-state index in [0.29, 0.717) is 23.7 Å². The first-order valence-electron chi connectivity index (χ1n) is 6.73. The fraction of sp³-hybridized carbons (Fsp3) is 0.333. The van der Waals surface area contributed by atoms with E-state index in [9.17, 15) is 4.79 Å². The molecule has 0 amide bonds. The van der Waals surface area contributed by atoms with Crippen LogP contribution in [-0.4, -0.2) is 42.9 Å².